The number of fused-ring (bicyclic) bond motifs is 1. The van der Waals surface area contributed by atoms with E-state index in [1.807, 2.05) is 4.90 Å². The number of carbonyl (C=O) groups excluding carboxylic acids is 1. The van der Waals surface area contributed by atoms with Crippen LogP contribution in [0.4, 0.5) is 20.5 Å². The normalized spacial score (nSPS) is 14.9. The Balaban J connectivity index is 1.45. The molecule has 2 aromatic carbocycles. The van der Waals surface area contributed by atoms with Crippen LogP contribution in [-0.2, 0) is 4.79 Å². The van der Waals surface area contributed by atoms with E-state index in [4.69, 9.17) is 20.9 Å². The summed E-state index contributed by atoms with van der Waals surface area (Å²) in [7, 11) is 2.75. The van der Waals surface area contributed by atoms with Crippen LogP contribution < -0.4 is 25.8 Å². The van der Waals surface area contributed by atoms with Crippen molar-refractivity contribution in [2.24, 2.45) is 5.73 Å². The molecule has 11 heteroatoms. The lowest BCUT2D eigenvalue weighted by Crippen LogP contribution is -2.49. The third kappa shape index (κ3) is 4.51. The molecule has 0 spiro atoms. The molecule has 0 aliphatic carbocycles. The summed E-state index contributed by atoms with van der Waals surface area (Å²) in [5.41, 5.74) is 13.2. The molecule has 1 atom stereocenters. The molecule has 2 heterocycles. The van der Waals surface area contributed by atoms with Crippen LogP contribution in [0, 0.1) is 11.6 Å². The summed E-state index contributed by atoms with van der Waals surface area (Å²) in [6.07, 6.45) is 0.117. The van der Waals surface area contributed by atoms with Crippen LogP contribution in [0.5, 0.6) is 11.5 Å². The van der Waals surface area contributed by atoms with Gasteiger partial charge in [-0.25, -0.2) is 13.8 Å². The van der Waals surface area contributed by atoms with Gasteiger partial charge in [0.2, 0.25) is 11.9 Å². The van der Waals surface area contributed by atoms with E-state index in [0.717, 1.165) is 0 Å². The van der Waals surface area contributed by atoms with Gasteiger partial charge in [0.25, 0.3) is 0 Å². The maximum atomic E-state index is 14.9. The van der Waals surface area contributed by atoms with E-state index < -0.39 is 11.9 Å². The number of aromatic nitrogens is 2. The number of nitrogens with two attached hydrogens (primary N) is 2. The number of rotatable bonds is 6. The van der Waals surface area contributed by atoms with Crippen molar-refractivity contribution in [1.29, 1.82) is 0 Å². The summed E-state index contributed by atoms with van der Waals surface area (Å²) in [6.45, 7) is 1.82. The second-order valence-corrected chi connectivity index (χ2v) is 7.96. The molecule has 0 saturated carbocycles. The van der Waals surface area contributed by atoms with Gasteiger partial charge in [0.1, 0.15) is 11.6 Å². The van der Waals surface area contributed by atoms with Crippen molar-refractivity contribution in [1.82, 2.24) is 14.9 Å². The van der Waals surface area contributed by atoms with E-state index in [2.05, 4.69) is 9.97 Å². The molecule has 1 fully saturated rings. The number of nitrogen functional groups attached to an aromatic ring is 1. The fourth-order valence-corrected chi connectivity index (χ4v) is 4.01. The average Bonchev–Trinajstić information content (AvgIpc) is 2.83. The largest absolute Gasteiger partial charge is 0.493 e. The predicted molar refractivity (Wildman–Crippen MR) is 124 cm³/mol. The number of hydrogen-bond donors (Lipinski definition) is 2. The second-order valence-electron chi connectivity index (χ2n) is 7.96. The van der Waals surface area contributed by atoms with Crippen molar-refractivity contribution in [3.8, 4) is 11.5 Å². The first kappa shape index (κ1) is 23.4. The highest BCUT2D eigenvalue weighted by molar-refractivity contribution is 5.92. The van der Waals surface area contributed by atoms with Gasteiger partial charge in [0.05, 0.1) is 25.1 Å². The predicted octanol–water partition coefficient (Wildman–Crippen LogP) is 2.25. The van der Waals surface area contributed by atoms with E-state index in [9.17, 15) is 13.6 Å². The topological polar surface area (TPSA) is 120 Å². The number of amides is 1. The molecule has 1 aliphatic heterocycles. The minimum Gasteiger partial charge on any atom is -0.493 e. The molecule has 1 saturated heterocycles. The SMILES string of the molecule is COc1cc2nc(N3CCN(C(=O)CC(N)c4ccc(F)cc4)CC3)nc(N)c2c(F)c1OC. The van der Waals surface area contributed by atoms with E-state index >= 15 is 0 Å². The smallest absolute Gasteiger partial charge is 0.228 e. The molecule has 0 bridgehead atoms. The summed E-state index contributed by atoms with van der Waals surface area (Å²) in [5, 5.41) is 0.0602. The van der Waals surface area contributed by atoms with Crippen LogP contribution in [0.3, 0.4) is 0 Å². The van der Waals surface area contributed by atoms with Gasteiger partial charge in [-0.3, -0.25) is 4.79 Å². The van der Waals surface area contributed by atoms with Gasteiger partial charge in [-0.2, -0.15) is 4.98 Å². The fourth-order valence-electron chi connectivity index (χ4n) is 4.01. The van der Waals surface area contributed by atoms with Gasteiger partial charge in [-0.15, -0.1) is 0 Å². The fraction of sp³-hybridized carbons (Fsp3) is 0.348. The summed E-state index contributed by atoms with van der Waals surface area (Å²) >= 11 is 0. The molecule has 1 unspecified atom stereocenters. The Kier molecular flexibility index (Phi) is 6.64. The number of halogens is 2. The van der Waals surface area contributed by atoms with Crippen LogP contribution in [0.1, 0.15) is 18.0 Å². The lowest BCUT2D eigenvalue weighted by atomic mass is 10.0. The van der Waals surface area contributed by atoms with Gasteiger partial charge >= 0.3 is 0 Å². The quantitative estimate of drug-likeness (QED) is 0.561. The zero-order chi connectivity index (χ0) is 24.4. The number of hydrogen-bond acceptors (Lipinski definition) is 8. The molecule has 34 heavy (non-hydrogen) atoms. The minimum absolute atomic E-state index is 0.0118. The number of ether oxygens (including phenoxy) is 2. The van der Waals surface area contributed by atoms with Crippen molar-refractivity contribution in [2.45, 2.75) is 12.5 Å². The van der Waals surface area contributed by atoms with Gasteiger partial charge in [-0.05, 0) is 17.7 Å². The first-order valence-corrected chi connectivity index (χ1v) is 10.7. The molecule has 9 nitrogen and oxygen atoms in total. The molecule has 0 radical (unpaired) electrons. The summed E-state index contributed by atoms with van der Waals surface area (Å²) in [5.74, 6) is -0.666. The molecular weight excluding hydrogens is 446 g/mol. The minimum atomic E-state index is -0.686. The van der Waals surface area contributed by atoms with Crippen molar-refractivity contribution in [3.63, 3.8) is 0 Å². The Morgan fingerprint density at radius 2 is 1.76 bits per heavy atom. The average molecular weight is 472 g/mol. The first-order valence-electron chi connectivity index (χ1n) is 10.7. The van der Waals surface area contributed by atoms with Crippen molar-refractivity contribution in [3.05, 3.63) is 47.5 Å². The van der Waals surface area contributed by atoms with Crippen LogP contribution in [-0.4, -0.2) is 61.2 Å². The highest BCUT2D eigenvalue weighted by Gasteiger charge is 2.26. The van der Waals surface area contributed by atoms with Crippen molar-refractivity contribution < 1.29 is 23.0 Å². The van der Waals surface area contributed by atoms with Crippen molar-refractivity contribution >= 4 is 28.6 Å². The number of methoxy groups -OCH3 is 2. The molecule has 1 amide bonds. The molecule has 4 N–H and O–H groups in total. The highest BCUT2D eigenvalue weighted by Crippen LogP contribution is 2.38. The number of anilines is 2. The summed E-state index contributed by atoms with van der Waals surface area (Å²) < 4.78 is 38.3. The molecule has 1 aliphatic rings. The first-order chi connectivity index (χ1) is 16.3. The lowest BCUT2D eigenvalue weighted by molar-refractivity contribution is -0.131. The van der Waals surface area contributed by atoms with Crippen molar-refractivity contribution in [2.75, 3.05) is 51.0 Å². The van der Waals surface area contributed by atoms with E-state index in [1.165, 1.54) is 26.4 Å². The maximum Gasteiger partial charge on any atom is 0.228 e. The second kappa shape index (κ2) is 9.64. The van der Waals surface area contributed by atoms with Gasteiger partial charge < -0.3 is 30.7 Å². The van der Waals surface area contributed by atoms with E-state index in [0.29, 0.717) is 43.2 Å². The molecule has 180 valence electrons. The standard InChI is InChI=1S/C23H26F2N6O3/c1-33-17-12-16-19(20(25)21(17)34-2)22(27)29-23(28-16)31-9-7-30(8-10-31)18(32)11-15(26)13-3-5-14(24)6-4-13/h3-6,12,15H,7-11,26H2,1-2H3,(H2,27,28,29). The Hall–Kier alpha value is -3.73. The third-order valence-electron chi connectivity index (χ3n) is 5.90. The number of piperazine rings is 1. The van der Waals surface area contributed by atoms with E-state index in [-0.39, 0.29) is 40.8 Å². The zero-order valence-electron chi connectivity index (χ0n) is 18.9. The van der Waals surface area contributed by atoms with Gasteiger partial charge in [-0.1, -0.05) is 12.1 Å². The highest BCUT2D eigenvalue weighted by atomic mass is 19.1. The van der Waals surface area contributed by atoms with Crippen LogP contribution >= 0.6 is 0 Å². The Morgan fingerprint density at radius 1 is 1.09 bits per heavy atom. The summed E-state index contributed by atoms with van der Waals surface area (Å²) in [6, 6.07) is 6.85. The third-order valence-corrected chi connectivity index (χ3v) is 5.90. The van der Waals surface area contributed by atoms with Gasteiger partial charge in [0, 0.05) is 44.7 Å². The Morgan fingerprint density at radius 3 is 2.38 bits per heavy atom. The zero-order valence-corrected chi connectivity index (χ0v) is 18.9. The van der Waals surface area contributed by atoms with E-state index in [1.54, 1.807) is 23.1 Å². The Labute approximate surface area is 195 Å². The van der Waals surface area contributed by atoms with Crippen LogP contribution in [0.15, 0.2) is 30.3 Å². The van der Waals surface area contributed by atoms with Crippen LogP contribution in [0.2, 0.25) is 0 Å². The molecular formula is C23H26F2N6O3. The van der Waals surface area contributed by atoms with Crippen LogP contribution in [0.25, 0.3) is 10.9 Å². The summed E-state index contributed by atoms with van der Waals surface area (Å²) in [4.78, 5) is 25.1. The lowest BCUT2D eigenvalue weighted by Gasteiger charge is -2.35. The Bertz CT molecular complexity index is 1200. The number of carbonyl (C=O) groups is 1. The molecule has 4 rings (SSSR count). The number of benzene rings is 2. The molecule has 1 aromatic heterocycles. The number of nitrogens with zero attached hydrogens (tertiary/aromatic N) is 4. The van der Waals surface area contributed by atoms with Gasteiger partial charge in [0.15, 0.2) is 17.3 Å². The monoisotopic (exact) mass is 472 g/mol. The maximum absolute atomic E-state index is 14.9. The molecule has 3 aromatic rings.